The normalized spacial score (nSPS) is 17.7. The van der Waals surface area contributed by atoms with Crippen molar-refractivity contribution in [2.45, 2.75) is 31.2 Å². The van der Waals surface area contributed by atoms with Gasteiger partial charge >= 0.3 is 0 Å². The van der Waals surface area contributed by atoms with Gasteiger partial charge in [-0.15, -0.1) is 0 Å². The predicted octanol–water partition coefficient (Wildman–Crippen LogP) is 3.87. The molecule has 1 saturated heterocycles. The quantitative estimate of drug-likeness (QED) is 0.679. The average molecular weight is 423 g/mol. The highest BCUT2D eigenvalue weighted by Gasteiger charge is 2.33. The Kier molecular flexibility index (Phi) is 5.88. The molecule has 156 valence electrons. The van der Waals surface area contributed by atoms with Crippen molar-refractivity contribution in [1.29, 1.82) is 0 Å². The Morgan fingerprint density at radius 1 is 1.03 bits per heavy atom. The first kappa shape index (κ1) is 20.6. The molecule has 0 aliphatic carbocycles. The molecular weight excluding hydrogens is 396 g/mol. The molecule has 0 bridgehead atoms. The zero-order valence-corrected chi connectivity index (χ0v) is 17.9. The second-order valence-electron chi connectivity index (χ2n) is 7.87. The molecular formula is C24H26N2O3S. The highest BCUT2D eigenvalue weighted by molar-refractivity contribution is 7.89. The average Bonchev–Trinajstić information content (AvgIpc) is 2.78. The first-order chi connectivity index (χ1) is 14.4. The molecule has 1 aliphatic rings. The van der Waals surface area contributed by atoms with Crippen molar-refractivity contribution in [2.75, 3.05) is 13.1 Å². The van der Waals surface area contributed by atoms with Gasteiger partial charge in [-0.25, -0.2) is 8.42 Å². The van der Waals surface area contributed by atoms with E-state index in [2.05, 4.69) is 17.4 Å². The van der Waals surface area contributed by atoms with E-state index in [1.165, 1.54) is 4.31 Å². The lowest BCUT2D eigenvalue weighted by molar-refractivity contribution is -0.126. The first-order valence-corrected chi connectivity index (χ1v) is 11.7. The first-order valence-electron chi connectivity index (χ1n) is 10.3. The third-order valence-electron chi connectivity index (χ3n) is 5.75. The van der Waals surface area contributed by atoms with E-state index in [-0.39, 0.29) is 23.3 Å². The highest BCUT2D eigenvalue weighted by atomic mass is 32.2. The molecule has 1 amide bonds. The van der Waals surface area contributed by atoms with E-state index in [1.54, 1.807) is 24.3 Å². The van der Waals surface area contributed by atoms with E-state index in [9.17, 15) is 13.2 Å². The molecule has 3 aromatic carbocycles. The van der Waals surface area contributed by atoms with Crippen LogP contribution in [0.5, 0.6) is 0 Å². The van der Waals surface area contributed by atoms with Crippen LogP contribution >= 0.6 is 0 Å². The fraction of sp³-hybridized carbons (Fsp3) is 0.292. The number of amides is 1. The van der Waals surface area contributed by atoms with Crippen LogP contribution in [-0.4, -0.2) is 31.7 Å². The molecule has 1 aliphatic heterocycles. The molecule has 1 unspecified atom stereocenters. The molecule has 0 radical (unpaired) electrons. The maximum Gasteiger partial charge on any atom is 0.243 e. The lowest BCUT2D eigenvalue weighted by atomic mass is 9.98. The summed E-state index contributed by atoms with van der Waals surface area (Å²) in [5, 5.41) is 5.27. The summed E-state index contributed by atoms with van der Waals surface area (Å²) in [7, 11) is -3.59. The van der Waals surface area contributed by atoms with Crippen LogP contribution in [0, 0.1) is 12.8 Å². The summed E-state index contributed by atoms with van der Waals surface area (Å²) >= 11 is 0. The van der Waals surface area contributed by atoms with Gasteiger partial charge in [0.2, 0.25) is 15.9 Å². The van der Waals surface area contributed by atoms with Crippen molar-refractivity contribution < 1.29 is 13.2 Å². The summed E-state index contributed by atoms with van der Waals surface area (Å²) in [5.41, 5.74) is 2.07. The van der Waals surface area contributed by atoms with Gasteiger partial charge in [0.05, 0.1) is 10.8 Å². The fourth-order valence-corrected chi connectivity index (χ4v) is 5.53. The Bertz CT molecular complexity index is 1150. The van der Waals surface area contributed by atoms with Crippen LogP contribution in [0.2, 0.25) is 0 Å². The number of hydrogen-bond donors (Lipinski definition) is 1. The molecule has 4 rings (SSSR count). The van der Waals surface area contributed by atoms with Crippen molar-refractivity contribution in [3.05, 3.63) is 77.9 Å². The van der Waals surface area contributed by atoms with E-state index < -0.39 is 10.0 Å². The Hall–Kier alpha value is -2.70. The van der Waals surface area contributed by atoms with Crippen molar-refractivity contribution in [3.8, 4) is 0 Å². The minimum atomic E-state index is -3.59. The zero-order valence-electron chi connectivity index (χ0n) is 17.0. The number of fused-ring (bicyclic) bond motifs is 1. The molecule has 1 N–H and O–H groups in total. The smallest absolute Gasteiger partial charge is 0.243 e. The lowest BCUT2D eigenvalue weighted by Gasteiger charge is -2.31. The largest absolute Gasteiger partial charge is 0.352 e. The number of carbonyl (C=O) groups is 1. The fourth-order valence-electron chi connectivity index (χ4n) is 4.01. The molecule has 6 heteroatoms. The van der Waals surface area contributed by atoms with E-state index >= 15 is 0 Å². The van der Waals surface area contributed by atoms with E-state index in [0.29, 0.717) is 25.9 Å². The van der Waals surface area contributed by atoms with Crippen LogP contribution in [0.3, 0.4) is 0 Å². The summed E-state index contributed by atoms with van der Waals surface area (Å²) in [4.78, 5) is 13.1. The number of rotatable bonds is 5. The number of sulfonamides is 1. The number of hydrogen-bond acceptors (Lipinski definition) is 3. The number of benzene rings is 3. The minimum absolute atomic E-state index is 0.0910. The van der Waals surface area contributed by atoms with Gasteiger partial charge in [-0.3, -0.25) is 4.79 Å². The number of carbonyl (C=O) groups excluding carboxylic acids is 1. The van der Waals surface area contributed by atoms with Crippen molar-refractivity contribution in [1.82, 2.24) is 9.62 Å². The van der Waals surface area contributed by atoms with Gasteiger partial charge in [0.15, 0.2) is 0 Å². The van der Waals surface area contributed by atoms with Gasteiger partial charge in [-0.2, -0.15) is 4.31 Å². The van der Waals surface area contributed by atoms with Gasteiger partial charge in [-0.05, 0) is 48.2 Å². The van der Waals surface area contributed by atoms with Crippen LogP contribution in [0.15, 0.2) is 71.6 Å². The van der Waals surface area contributed by atoms with Crippen molar-refractivity contribution in [2.24, 2.45) is 5.92 Å². The summed E-state index contributed by atoms with van der Waals surface area (Å²) < 4.78 is 27.4. The Morgan fingerprint density at radius 3 is 2.57 bits per heavy atom. The molecule has 5 nitrogen and oxygen atoms in total. The van der Waals surface area contributed by atoms with Crippen LogP contribution < -0.4 is 5.32 Å². The van der Waals surface area contributed by atoms with Crippen LogP contribution in [0.1, 0.15) is 24.0 Å². The predicted molar refractivity (Wildman–Crippen MR) is 118 cm³/mol. The van der Waals surface area contributed by atoms with Gasteiger partial charge in [0, 0.05) is 19.6 Å². The van der Waals surface area contributed by atoms with Crippen molar-refractivity contribution >= 4 is 26.7 Å². The number of aryl methyl sites for hydroxylation is 1. The Balaban J connectivity index is 1.44. The summed E-state index contributed by atoms with van der Waals surface area (Å²) in [5.74, 6) is -0.430. The third kappa shape index (κ3) is 4.25. The van der Waals surface area contributed by atoms with E-state index in [4.69, 9.17) is 0 Å². The number of nitrogens with zero attached hydrogens (tertiary/aromatic N) is 1. The van der Waals surface area contributed by atoms with Gasteiger partial charge < -0.3 is 5.32 Å². The van der Waals surface area contributed by atoms with Crippen LogP contribution in [0.4, 0.5) is 0 Å². The SMILES string of the molecule is Cc1ccc(S(=O)(=O)N2CCCC(C(=O)NCc3cccc4ccccc34)C2)cc1. The van der Waals surface area contributed by atoms with Crippen LogP contribution in [0.25, 0.3) is 10.8 Å². The summed E-state index contributed by atoms with van der Waals surface area (Å²) in [6, 6.07) is 21.0. The Morgan fingerprint density at radius 2 is 1.77 bits per heavy atom. The molecule has 1 heterocycles. The molecule has 1 atom stereocenters. The second-order valence-corrected chi connectivity index (χ2v) is 9.81. The molecule has 0 saturated carbocycles. The Labute approximate surface area is 177 Å². The van der Waals surface area contributed by atoms with Gasteiger partial charge in [0.25, 0.3) is 0 Å². The monoisotopic (exact) mass is 422 g/mol. The topological polar surface area (TPSA) is 66.5 Å². The molecule has 3 aromatic rings. The molecule has 0 aromatic heterocycles. The van der Waals surface area contributed by atoms with E-state index in [0.717, 1.165) is 21.9 Å². The van der Waals surface area contributed by atoms with Crippen LogP contribution in [-0.2, 0) is 21.4 Å². The molecule has 30 heavy (non-hydrogen) atoms. The number of piperidine rings is 1. The molecule has 0 spiro atoms. The summed E-state index contributed by atoms with van der Waals surface area (Å²) in [6.07, 6.45) is 1.37. The standard InChI is InChI=1S/C24H26N2O3S/c1-18-11-13-22(14-12-18)30(28,29)26-15-5-9-21(17-26)24(27)25-16-20-8-4-7-19-6-2-3-10-23(19)20/h2-4,6-8,10-14,21H,5,9,15-17H2,1H3,(H,25,27). The highest BCUT2D eigenvalue weighted by Crippen LogP contribution is 2.25. The van der Waals surface area contributed by atoms with Gasteiger partial charge in [-0.1, -0.05) is 60.2 Å². The molecule has 1 fully saturated rings. The lowest BCUT2D eigenvalue weighted by Crippen LogP contribution is -2.45. The zero-order chi connectivity index (χ0) is 21.1. The maximum absolute atomic E-state index is 13.0. The van der Waals surface area contributed by atoms with Crippen molar-refractivity contribution in [3.63, 3.8) is 0 Å². The second kappa shape index (κ2) is 8.58. The van der Waals surface area contributed by atoms with Gasteiger partial charge in [0.1, 0.15) is 0 Å². The third-order valence-corrected chi connectivity index (χ3v) is 7.63. The summed E-state index contributed by atoms with van der Waals surface area (Å²) in [6.45, 7) is 3.02. The number of nitrogens with one attached hydrogen (secondary N) is 1. The minimum Gasteiger partial charge on any atom is -0.352 e. The van der Waals surface area contributed by atoms with E-state index in [1.807, 2.05) is 37.3 Å². The maximum atomic E-state index is 13.0.